The Morgan fingerprint density at radius 2 is 1.17 bits per heavy atom. The van der Waals surface area contributed by atoms with Gasteiger partial charge in [0.2, 0.25) is 0 Å². The van der Waals surface area contributed by atoms with Gasteiger partial charge in [0.1, 0.15) is 0 Å². The van der Waals surface area contributed by atoms with Gasteiger partial charge < -0.3 is 0 Å². The van der Waals surface area contributed by atoms with Crippen LogP contribution in [0.1, 0.15) is 0 Å². The second kappa shape index (κ2) is 2.83. The molecule has 0 aromatic carbocycles. The van der Waals surface area contributed by atoms with E-state index < -0.39 is 16.7 Å². The topological polar surface area (TPSA) is 80.3 Å². The quantitative estimate of drug-likeness (QED) is 0.459. The molecule has 0 unspecified atom stereocenters. The van der Waals surface area contributed by atoms with Crippen LogP contribution in [0, 0.1) is 0 Å². The van der Waals surface area contributed by atoms with Crippen molar-refractivity contribution >= 4 is 0 Å². The molecule has 0 saturated carbocycles. The maximum absolute atomic E-state index is 8.65. The van der Waals surface area contributed by atoms with Crippen LogP contribution in [0.4, 0.5) is 0 Å². The Morgan fingerprint density at radius 3 is 1.17 bits per heavy atom. The van der Waals surface area contributed by atoms with Gasteiger partial charge in [0, 0.05) is 0 Å². The van der Waals surface area contributed by atoms with E-state index in [0.717, 1.165) is 0 Å². The van der Waals surface area contributed by atoms with Gasteiger partial charge in [0.05, 0.1) is 0 Å². The maximum atomic E-state index is 8.65. The van der Waals surface area contributed by atoms with Gasteiger partial charge in [-0.15, -0.1) is 0 Å². The molecular weight excluding hydrogens is 304 g/mol. The predicted octanol–water partition coefficient (Wildman–Crippen LogP) is -2.62. The summed E-state index contributed by atoms with van der Waals surface area (Å²) >= 11 is -6.17. The number of rotatable bonds is 0. The first kappa shape index (κ1) is 9.87. The van der Waals surface area contributed by atoms with E-state index in [2.05, 4.69) is 0 Å². The summed E-state index contributed by atoms with van der Waals surface area (Å²) in [5.74, 6) is 0. The molecule has 0 saturated heterocycles. The molecule has 0 aromatic heterocycles. The molecule has 6 heavy (non-hydrogen) atoms. The van der Waals surface area contributed by atoms with E-state index in [4.69, 9.17) is 14.3 Å². The summed E-state index contributed by atoms with van der Waals surface area (Å²) in [6.07, 6.45) is 0. The Bertz CT molecular complexity index is 90.7. The standard InChI is InChI=1S/Fe.4O.W/q+2;;;2*-1;. The van der Waals surface area contributed by atoms with Crippen molar-refractivity contribution in [2.45, 2.75) is 0 Å². The fourth-order valence-electron chi connectivity index (χ4n) is 0. The Hall–Kier alpha value is 0.728. The number of hydrogen-bond donors (Lipinski definition) is 0. The molecular formula is FeO4W. The van der Waals surface area contributed by atoms with E-state index in [0.29, 0.717) is 0 Å². The predicted molar refractivity (Wildman–Crippen MR) is 1.37 cm³/mol. The summed E-state index contributed by atoms with van der Waals surface area (Å²) in [7, 11) is 0. The van der Waals surface area contributed by atoms with Gasteiger partial charge in [-0.2, -0.15) is 0 Å². The summed E-state index contributed by atoms with van der Waals surface area (Å²) in [5, 5.41) is 0. The van der Waals surface area contributed by atoms with Crippen LogP contribution in [0.25, 0.3) is 0 Å². The van der Waals surface area contributed by atoms with E-state index in [-0.39, 0.29) is 17.1 Å². The molecule has 0 aliphatic carbocycles. The summed E-state index contributed by atoms with van der Waals surface area (Å²) < 4.78 is 34.6. The van der Waals surface area contributed by atoms with Crippen LogP contribution in [0.2, 0.25) is 0 Å². The van der Waals surface area contributed by atoms with Gasteiger partial charge in [-0.3, -0.25) is 0 Å². The van der Waals surface area contributed by atoms with Crippen LogP contribution in [-0.4, -0.2) is 0 Å². The second-order valence-corrected chi connectivity index (χ2v) is 3.34. The van der Waals surface area contributed by atoms with Crippen molar-refractivity contribution < 1.29 is 48.1 Å². The van der Waals surface area contributed by atoms with Gasteiger partial charge in [-0.25, -0.2) is 0 Å². The van der Waals surface area contributed by atoms with Gasteiger partial charge in [-0.1, -0.05) is 0 Å². The van der Waals surface area contributed by atoms with Gasteiger partial charge >= 0.3 is 48.1 Å². The molecule has 0 bridgehead atoms. The van der Waals surface area contributed by atoms with Gasteiger partial charge in [-0.05, 0) is 0 Å². The van der Waals surface area contributed by atoms with Crippen molar-refractivity contribution in [1.82, 2.24) is 0 Å². The van der Waals surface area contributed by atoms with Crippen molar-refractivity contribution in [1.29, 1.82) is 0 Å². The molecule has 0 atom stereocenters. The zero-order chi connectivity index (χ0) is 4.50. The van der Waals surface area contributed by atoms with Crippen molar-refractivity contribution in [2.75, 3.05) is 0 Å². The zero-order valence-corrected chi connectivity index (χ0v) is 6.43. The van der Waals surface area contributed by atoms with Crippen molar-refractivity contribution in [3.63, 3.8) is 0 Å². The van der Waals surface area contributed by atoms with E-state index in [9.17, 15) is 0 Å². The third kappa shape index (κ3) is 124. The first-order valence-electron chi connectivity index (χ1n) is 0.667. The van der Waals surface area contributed by atoms with Gasteiger partial charge in [0.25, 0.3) is 0 Å². The molecule has 38 valence electrons. The average Bonchev–Trinajstić information content (AvgIpc) is 0.722. The Morgan fingerprint density at radius 1 is 1.17 bits per heavy atom. The summed E-state index contributed by atoms with van der Waals surface area (Å²) in [5.41, 5.74) is 0. The molecule has 0 aliphatic rings. The fraction of sp³-hybridized carbons (Fsp3) is 0. The zero-order valence-electron chi connectivity index (χ0n) is 2.39. The molecule has 0 radical (unpaired) electrons. The molecule has 0 aliphatic heterocycles. The second-order valence-electron chi connectivity index (χ2n) is 0.408. The molecule has 0 amide bonds. The Balaban J connectivity index is 0. The van der Waals surface area contributed by atoms with Crippen LogP contribution >= 0.6 is 0 Å². The monoisotopic (exact) mass is 304 g/mol. The summed E-state index contributed by atoms with van der Waals surface area (Å²) in [6.45, 7) is 0. The average molecular weight is 304 g/mol. The SMILES string of the molecule is [Fe+2].[O]=[W](=[O])([O-])[O-]. The van der Waals surface area contributed by atoms with Crippen LogP contribution < -0.4 is 7.52 Å². The number of hydrogen-bond acceptors (Lipinski definition) is 4. The van der Waals surface area contributed by atoms with Crippen molar-refractivity contribution in [3.8, 4) is 0 Å². The third-order valence-electron chi connectivity index (χ3n) is 0. The Kier molecular flexibility index (Phi) is 4.66. The summed E-state index contributed by atoms with van der Waals surface area (Å²) in [6, 6.07) is 0. The fourth-order valence-corrected chi connectivity index (χ4v) is 0. The van der Waals surface area contributed by atoms with E-state index in [1.165, 1.54) is 0 Å². The molecule has 0 fully saturated rings. The normalized spacial score (nSPS) is 9.67. The first-order chi connectivity index (χ1) is 2.00. The van der Waals surface area contributed by atoms with E-state index in [1.54, 1.807) is 0 Å². The first-order valence-corrected chi connectivity index (χ1v) is 5.46. The van der Waals surface area contributed by atoms with E-state index >= 15 is 0 Å². The molecule has 0 spiro atoms. The van der Waals surface area contributed by atoms with Gasteiger partial charge in [0.15, 0.2) is 0 Å². The molecule has 0 aromatic rings. The minimum absolute atomic E-state index is 0. The summed E-state index contributed by atoms with van der Waals surface area (Å²) in [4.78, 5) is 0. The molecule has 0 N–H and O–H groups in total. The van der Waals surface area contributed by atoms with Crippen LogP contribution in [0.3, 0.4) is 0 Å². The molecule has 4 nitrogen and oxygen atoms in total. The molecule has 6 heteroatoms. The van der Waals surface area contributed by atoms with Crippen molar-refractivity contribution in [3.05, 3.63) is 0 Å². The van der Waals surface area contributed by atoms with Crippen LogP contribution in [0.15, 0.2) is 0 Å². The minimum atomic E-state index is -6.17. The Labute approximate surface area is 48.4 Å². The van der Waals surface area contributed by atoms with Crippen molar-refractivity contribution in [2.24, 2.45) is 0 Å². The van der Waals surface area contributed by atoms with Crippen LogP contribution in [-0.2, 0) is 40.6 Å². The third-order valence-corrected chi connectivity index (χ3v) is 0. The van der Waals surface area contributed by atoms with E-state index in [1.807, 2.05) is 0 Å². The molecule has 0 rings (SSSR count). The van der Waals surface area contributed by atoms with Crippen LogP contribution in [0.5, 0.6) is 0 Å². The molecule has 0 heterocycles.